The quantitative estimate of drug-likeness (QED) is 0.715. The third kappa shape index (κ3) is 1.41. The van der Waals surface area contributed by atoms with Gasteiger partial charge in [0.05, 0.1) is 18.1 Å². The van der Waals surface area contributed by atoms with E-state index in [1.807, 2.05) is 0 Å². The number of nitrogens with zero attached hydrogens (tertiary/aromatic N) is 1. The van der Waals surface area contributed by atoms with Crippen molar-refractivity contribution >= 4 is 22.6 Å². The number of hydrogen-bond acceptors (Lipinski definition) is 3. The van der Waals surface area contributed by atoms with E-state index in [0.717, 1.165) is 5.39 Å². The van der Waals surface area contributed by atoms with Crippen LogP contribution in [0.5, 0.6) is 0 Å². The summed E-state index contributed by atoms with van der Waals surface area (Å²) in [6.07, 6.45) is 0.932. The zero-order valence-corrected chi connectivity index (χ0v) is 7.75. The van der Waals surface area contributed by atoms with Crippen molar-refractivity contribution in [3.63, 3.8) is 0 Å². The van der Waals surface area contributed by atoms with Crippen molar-refractivity contribution in [2.75, 3.05) is 0 Å². The zero-order valence-electron chi connectivity index (χ0n) is 6.99. The van der Waals surface area contributed by atoms with Crippen LogP contribution in [0.3, 0.4) is 0 Å². The van der Waals surface area contributed by atoms with Crippen LogP contribution in [0.1, 0.15) is 18.7 Å². The minimum atomic E-state index is -0.614. The van der Waals surface area contributed by atoms with E-state index >= 15 is 0 Å². The Hall–Kier alpha value is -1.06. The van der Waals surface area contributed by atoms with Crippen LogP contribution in [0.15, 0.2) is 22.8 Å². The molecular formula is C9H8ClNO2. The molecule has 2 aromatic rings. The van der Waals surface area contributed by atoms with Gasteiger partial charge in [-0.2, -0.15) is 0 Å². The molecule has 2 rings (SSSR count). The summed E-state index contributed by atoms with van der Waals surface area (Å²) >= 11 is 5.83. The monoisotopic (exact) mass is 197 g/mol. The number of pyridine rings is 1. The summed E-state index contributed by atoms with van der Waals surface area (Å²) in [7, 11) is 0. The van der Waals surface area contributed by atoms with Crippen LogP contribution < -0.4 is 0 Å². The Balaban J connectivity index is 2.70. The van der Waals surface area contributed by atoms with Crippen molar-refractivity contribution in [2.24, 2.45) is 0 Å². The Kier molecular flexibility index (Phi) is 1.98. The molecule has 0 aliphatic heterocycles. The number of aliphatic hydroxyl groups is 1. The summed E-state index contributed by atoms with van der Waals surface area (Å²) in [4.78, 5) is 3.99. The Morgan fingerprint density at radius 2 is 2.38 bits per heavy atom. The summed E-state index contributed by atoms with van der Waals surface area (Å²) in [5, 5.41) is 10.4. The fourth-order valence-corrected chi connectivity index (χ4v) is 1.42. The smallest absolute Gasteiger partial charge is 0.172 e. The maximum Gasteiger partial charge on any atom is 0.172 e. The van der Waals surface area contributed by atoms with Crippen molar-refractivity contribution in [3.8, 4) is 0 Å². The minimum Gasteiger partial charge on any atom is -0.461 e. The number of rotatable bonds is 1. The van der Waals surface area contributed by atoms with E-state index in [1.165, 1.54) is 0 Å². The van der Waals surface area contributed by atoms with Gasteiger partial charge in [-0.3, -0.25) is 0 Å². The molecule has 68 valence electrons. The zero-order chi connectivity index (χ0) is 9.42. The first-order chi connectivity index (χ1) is 6.18. The van der Waals surface area contributed by atoms with Crippen molar-refractivity contribution in [1.82, 2.24) is 4.98 Å². The van der Waals surface area contributed by atoms with Gasteiger partial charge < -0.3 is 9.52 Å². The van der Waals surface area contributed by atoms with Crippen LogP contribution >= 0.6 is 11.6 Å². The number of fused-ring (bicyclic) bond motifs is 1. The fourth-order valence-electron chi connectivity index (χ4n) is 1.17. The summed E-state index contributed by atoms with van der Waals surface area (Å²) in [5.74, 6) is 0. The van der Waals surface area contributed by atoms with E-state index < -0.39 is 6.10 Å². The fraction of sp³-hybridized carbons (Fsp3) is 0.222. The van der Waals surface area contributed by atoms with Gasteiger partial charge >= 0.3 is 0 Å². The molecule has 0 spiro atoms. The van der Waals surface area contributed by atoms with E-state index in [-0.39, 0.29) is 0 Å². The van der Waals surface area contributed by atoms with Crippen LogP contribution in [0.2, 0.25) is 5.15 Å². The highest BCUT2D eigenvalue weighted by Crippen LogP contribution is 2.25. The van der Waals surface area contributed by atoms with E-state index in [2.05, 4.69) is 4.98 Å². The van der Waals surface area contributed by atoms with Gasteiger partial charge in [-0.25, -0.2) is 4.98 Å². The molecule has 3 nitrogen and oxygen atoms in total. The molecule has 0 aliphatic carbocycles. The van der Waals surface area contributed by atoms with E-state index in [9.17, 15) is 5.11 Å². The lowest BCUT2D eigenvalue weighted by molar-refractivity contribution is 0.194. The van der Waals surface area contributed by atoms with Crippen molar-refractivity contribution < 1.29 is 9.52 Å². The standard InChI is InChI=1S/C9H8ClNO2/c1-5(12)7-4-6-2-3-13-8(6)9(10)11-7/h2-5,12H,1H3. The van der Waals surface area contributed by atoms with Gasteiger partial charge in [-0.15, -0.1) is 0 Å². The van der Waals surface area contributed by atoms with Gasteiger partial charge in [0.1, 0.15) is 0 Å². The molecule has 0 aliphatic rings. The van der Waals surface area contributed by atoms with Gasteiger partial charge in [0, 0.05) is 5.39 Å². The largest absolute Gasteiger partial charge is 0.461 e. The molecule has 1 unspecified atom stereocenters. The number of furan rings is 1. The Bertz CT molecular complexity index is 436. The molecule has 1 N–H and O–H groups in total. The van der Waals surface area contributed by atoms with E-state index in [0.29, 0.717) is 16.4 Å². The predicted octanol–water partition coefficient (Wildman–Crippen LogP) is 2.53. The molecular weight excluding hydrogens is 190 g/mol. The Morgan fingerprint density at radius 1 is 1.62 bits per heavy atom. The molecule has 0 aromatic carbocycles. The molecule has 0 radical (unpaired) electrons. The summed E-state index contributed by atoms with van der Waals surface area (Å²) in [6, 6.07) is 3.55. The average Bonchev–Trinajstić information content (AvgIpc) is 2.51. The lowest BCUT2D eigenvalue weighted by Gasteiger charge is -2.03. The van der Waals surface area contributed by atoms with Gasteiger partial charge in [0.15, 0.2) is 10.7 Å². The molecule has 13 heavy (non-hydrogen) atoms. The van der Waals surface area contributed by atoms with Crippen LogP contribution in [-0.2, 0) is 0 Å². The van der Waals surface area contributed by atoms with Crippen molar-refractivity contribution in [2.45, 2.75) is 13.0 Å². The summed E-state index contributed by atoms with van der Waals surface area (Å²) in [6.45, 7) is 1.64. The molecule has 0 bridgehead atoms. The number of aliphatic hydroxyl groups excluding tert-OH is 1. The average molecular weight is 198 g/mol. The molecule has 0 amide bonds. The molecule has 1 atom stereocenters. The van der Waals surface area contributed by atoms with Crippen LogP contribution in [0.4, 0.5) is 0 Å². The second-order valence-electron chi connectivity index (χ2n) is 2.85. The molecule has 2 heterocycles. The highest BCUT2D eigenvalue weighted by Gasteiger charge is 2.09. The van der Waals surface area contributed by atoms with Gasteiger partial charge in [0.2, 0.25) is 0 Å². The second kappa shape index (κ2) is 3.01. The molecule has 2 aromatic heterocycles. The first-order valence-corrected chi connectivity index (χ1v) is 4.28. The number of aromatic nitrogens is 1. The van der Waals surface area contributed by atoms with Crippen LogP contribution in [-0.4, -0.2) is 10.1 Å². The number of hydrogen-bond donors (Lipinski definition) is 1. The van der Waals surface area contributed by atoms with Gasteiger partial charge in [-0.05, 0) is 19.1 Å². The minimum absolute atomic E-state index is 0.290. The highest BCUT2D eigenvalue weighted by molar-refractivity contribution is 6.33. The lowest BCUT2D eigenvalue weighted by atomic mass is 10.2. The van der Waals surface area contributed by atoms with E-state index in [4.69, 9.17) is 16.0 Å². The van der Waals surface area contributed by atoms with Crippen molar-refractivity contribution in [3.05, 3.63) is 29.2 Å². The maximum absolute atomic E-state index is 9.29. The first kappa shape index (κ1) is 8.53. The van der Waals surface area contributed by atoms with Crippen LogP contribution in [0, 0.1) is 0 Å². The molecule has 0 saturated heterocycles. The Labute approximate surface area is 80.0 Å². The molecule has 4 heteroatoms. The first-order valence-electron chi connectivity index (χ1n) is 3.90. The topological polar surface area (TPSA) is 46.3 Å². The van der Waals surface area contributed by atoms with Crippen LogP contribution in [0.25, 0.3) is 11.0 Å². The maximum atomic E-state index is 9.29. The predicted molar refractivity (Wildman–Crippen MR) is 49.7 cm³/mol. The third-order valence-corrected chi connectivity index (χ3v) is 2.10. The SMILES string of the molecule is CC(O)c1cc2ccoc2c(Cl)n1. The highest BCUT2D eigenvalue weighted by atomic mass is 35.5. The van der Waals surface area contributed by atoms with Gasteiger partial charge in [-0.1, -0.05) is 11.6 Å². The molecule has 0 fully saturated rings. The second-order valence-corrected chi connectivity index (χ2v) is 3.21. The summed E-state index contributed by atoms with van der Waals surface area (Å²) < 4.78 is 5.11. The van der Waals surface area contributed by atoms with Crippen molar-refractivity contribution in [1.29, 1.82) is 0 Å². The summed E-state index contributed by atoms with van der Waals surface area (Å²) in [5.41, 5.74) is 1.12. The number of halogens is 1. The third-order valence-electron chi connectivity index (χ3n) is 1.84. The lowest BCUT2D eigenvalue weighted by Crippen LogP contribution is -1.95. The van der Waals surface area contributed by atoms with E-state index in [1.54, 1.807) is 25.3 Å². The van der Waals surface area contributed by atoms with Gasteiger partial charge in [0.25, 0.3) is 0 Å². The Morgan fingerprint density at radius 3 is 3.08 bits per heavy atom. The molecule has 0 saturated carbocycles. The normalized spacial score (nSPS) is 13.5.